The number of allylic oxidation sites excluding steroid dienone is 4. The Morgan fingerprint density at radius 1 is 1.44 bits per heavy atom. The number of carbonyl (C=O) groups is 1. The fraction of sp³-hybridized carbons (Fsp3) is 0.429. The summed E-state index contributed by atoms with van der Waals surface area (Å²) in [6.07, 6.45) is 10.1. The number of carboxylic acids is 1. The lowest BCUT2D eigenvalue weighted by atomic mass is 9.85. The van der Waals surface area contributed by atoms with E-state index in [2.05, 4.69) is 25.8 Å². The molecule has 0 fully saturated rings. The van der Waals surface area contributed by atoms with Gasteiger partial charge in [0.2, 0.25) is 0 Å². The molecule has 88 valence electrons. The lowest BCUT2D eigenvalue weighted by molar-refractivity contribution is -0.305. The molecule has 0 N–H and O–H groups in total. The number of carboxylic acid groups (broad SMARTS) is 1. The summed E-state index contributed by atoms with van der Waals surface area (Å²) < 4.78 is 0. The van der Waals surface area contributed by atoms with Gasteiger partial charge in [0, 0.05) is 11.4 Å². The summed E-state index contributed by atoms with van der Waals surface area (Å²) in [6.45, 7) is 9.40. The van der Waals surface area contributed by atoms with E-state index < -0.39 is 5.97 Å². The van der Waals surface area contributed by atoms with E-state index >= 15 is 0 Å². The van der Waals surface area contributed by atoms with Crippen LogP contribution in [-0.2, 0) is 4.79 Å². The van der Waals surface area contributed by atoms with Gasteiger partial charge in [-0.2, -0.15) is 0 Å². The Kier molecular flexibility index (Phi) is 6.98. The van der Waals surface area contributed by atoms with Crippen molar-refractivity contribution >= 4 is 5.97 Å². The van der Waals surface area contributed by atoms with Gasteiger partial charge in [0.05, 0.1) is 0 Å². The molecule has 0 saturated carbocycles. The first-order valence-electron chi connectivity index (χ1n) is 5.39. The van der Waals surface area contributed by atoms with Crippen LogP contribution in [-0.4, -0.2) is 5.97 Å². The highest BCUT2D eigenvalue weighted by Crippen LogP contribution is 2.26. The minimum absolute atomic E-state index is 0.0829. The van der Waals surface area contributed by atoms with Crippen LogP contribution in [0, 0.1) is 5.41 Å². The summed E-state index contributed by atoms with van der Waals surface area (Å²) >= 11 is 0. The van der Waals surface area contributed by atoms with Crippen molar-refractivity contribution in [3.8, 4) is 0 Å². The molecule has 0 aliphatic heterocycles. The predicted octanol–water partition coefficient (Wildman–Crippen LogP) is 2.39. The summed E-state index contributed by atoms with van der Waals surface area (Å²) in [5.41, 5.74) is 2.69. The molecule has 0 aromatic heterocycles. The lowest BCUT2D eigenvalue weighted by Crippen LogP contribution is -2.21. The molecule has 0 rings (SSSR count). The largest absolute Gasteiger partial charge is 0.550 e. The Morgan fingerprint density at radius 3 is 2.56 bits per heavy atom. The average Bonchev–Trinajstić information content (AvgIpc) is 2.23. The first-order chi connectivity index (χ1) is 7.54. The van der Waals surface area contributed by atoms with Crippen molar-refractivity contribution in [2.75, 3.05) is 0 Å². The van der Waals surface area contributed by atoms with Crippen LogP contribution < -0.4 is 5.11 Å². The van der Waals surface area contributed by atoms with Gasteiger partial charge in [0.15, 0.2) is 0 Å². The van der Waals surface area contributed by atoms with Crippen molar-refractivity contribution in [2.45, 2.75) is 32.6 Å². The number of rotatable bonds is 8. The minimum atomic E-state index is -1.00. The maximum absolute atomic E-state index is 10.1. The van der Waals surface area contributed by atoms with Gasteiger partial charge < -0.3 is 9.90 Å². The molecule has 1 atom stereocenters. The topological polar surface area (TPSA) is 40.1 Å². The highest BCUT2D eigenvalue weighted by Gasteiger charge is 2.14. The molecule has 16 heavy (non-hydrogen) atoms. The number of hydrogen-bond acceptors (Lipinski definition) is 2. The van der Waals surface area contributed by atoms with Crippen LogP contribution in [0.5, 0.6) is 0 Å². The number of aliphatic carboxylic acids is 1. The summed E-state index contributed by atoms with van der Waals surface area (Å²) in [6, 6.07) is 0. The van der Waals surface area contributed by atoms with Crippen molar-refractivity contribution in [3.05, 3.63) is 43.2 Å². The van der Waals surface area contributed by atoms with E-state index in [1.165, 1.54) is 0 Å². The third-order valence-electron chi connectivity index (χ3n) is 2.43. The molecular formula is C14H19O2-. The van der Waals surface area contributed by atoms with Crippen LogP contribution >= 0.6 is 0 Å². The molecule has 0 aliphatic rings. The Labute approximate surface area is 97.7 Å². The highest BCUT2D eigenvalue weighted by atomic mass is 16.4. The molecule has 0 heterocycles. The zero-order chi connectivity index (χ0) is 12.4. The molecule has 0 spiro atoms. The first kappa shape index (κ1) is 14.5. The quantitative estimate of drug-likeness (QED) is 0.464. The standard InChI is InChI=1S/C14H20O2/c1-4-11-14(3,5-2)12-9-7-6-8-10-13(15)16/h5-7,11H,1-2,8-10,12H2,3H3,(H,15,16)/p-1/b7-6+. The fourth-order valence-corrected chi connectivity index (χ4v) is 1.30. The van der Waals surface area contributed by atoms with Gasteiger partial charge >= 0.3 is 0 Å². The molecule has 0 aromatic rings. The van der Waals surface area contributed by atoms with Crippen LogP contribution in [0.15, 0.2) is 43.2 Å². The van der Waals surface area contributed by atoms with E-state index in [0.717, 1.165) is 12.8 Å². The molecular weight excluding hydrogens is 200 g/mol. The van der Waals surface area contributed by atoms with Crippen LogP contribution in [0.1, 0.15) is 32.6 Å². The summed E-state index contributed by atoms with van der Waals surface area (Å²) in [4.78, 5) is 10.1. The maximum atomic E-state index is 10.1. The second kappa shape index (κ2) is 7.72. The molecule has 2 heteroatoms. The van der Waals surface area contributed by atoms with Crippen LogP contribution in [0.2, 0.25) is 0 Å². The van der Waals surface area contributed by atoms with Gasteiger partial charge in [0.25, 0.3) is 0 Å². The van der Waals surface area contributed by atoms with Crippen molar-refractivity contribution in [2.24, 2.45) is 5.41 Å². The molecule has 0 radical (unpaired) electrons. The average molecular weight is 219 g/mol. The Morgan fingerprint density at radius 2 is 2.06 bits per heavy atom. The van der Waals surface area contributed by atoms with Gasteiger partial charge in [-0.3, -0.25) is 0 Å². The van der Waals surface area contributed by atoms with Crippen molar-refractivity contribution in [1.29, 1.82) is 0 Å². The highest BCUT2D eigenvalue weighted by molar-refractivity contribution is 5.64. The second-order valence-corrected chi connectivity index (χ2v) is 3.98. The maximum Gasteiger partial charge on any atom is 0.0417 e. The van der Waals surface area contributed by atoms with Crippen LogP contribution in [0.25, 0.3) is 0 Å². The summed E-state index contributed by atoms with van der Waals surface area (Å²) in [5.74, 6) is -1.00. The van der Waals surface area contributed by atoms with E-state index in [9.17, 15) is 9.90 Å². The molecule has 1 unspecified atom stereocenters. The molecule has 0 amide bonds. The lowest BCUT2D eigenvalue weighted by Gasteiger charge is -2.18. The molecule has 2 nitrogen and oxygen atoms in total. The van der Waals surface area contributed by atoms with E-state index in [4.69, 9.17) is 0 Å². The molecule has 0 aliphatic carbocycles. The summed E-state index contributed by atoms with van der Waals surface area (Å²) in [5, 5.41) is 10.1. The summed E-state index contributed by atoms with van der Waals surface area (Å²) in [7, 11) is 0. The van der Waals surface area contributed by atoms with E-state index in [1.54, 1.807) is 0 Å². The van der Waals surface area contributed by atoms with E-state index in [1.807, 2.05) is 24.3 Å². The zero-order valence-electron chi connectivity index (χ0n) is 9.87. The normalized spacial score (nSPS) is 14.1. The van der Waals surface area contributed by atoms with Gasteiger partial charge in [-0.1, -0.05) is 31.7 Å². The van der Waals surface area contributed by atoms with E-state index in [0.29, 0.717) is 6.42 Å². The first-order valence-corrected chi connectivity index (χ1v) is 5.39. The van der Waals surface area contributed by atoms with Crippen LogP contribution in [0.4, 0.5) is 0 Å². The molecule has 0 saturated heterocycles. The molecule has 0 bridgehead atoms. The minimum Gasteiger partial charge on any atom is -0.550 e. The van der Waals surface area contributed by atoms with E-state index in [-0.39, 0.29) is 11.8 Å². The van der Waals surface area contributed by atoms with Crippen molar-refractivity contribution < 1.29 is 9.90 Å². The smallest absolute Gasteiger partial charge is 0.0417 e. The monoisotopic (exact) mass is 219 g/mol. The van der Waals surface area contributed by atoms with Gasteiger partial charge in [-0.25, -0.2) is 0 Å². The number of hydrogen-bond donors (Lipinski definition) is 0. The third-order valence-corrected chi connectivity index (χ3v) is 2.43. The molecule has 0 aromatic carbocycles. The predicted molar refractivity (Wildman–Crippen MR) is 64.6 cm³/mol. The van der Waals surface area contributed by atoms with Crippen LogP contribution in [0.3, 0.4) is 0 Å². The SMILES string of the molecule is C=C=CC(C)(C=C)CC/C=C/CCC(=O)[O-]. The number of carbonyl (C=O) groups excluding carboxylic acids is 1. The fourth-order valence-electron chi connectivity index (χ4n) is 1.30. The van der Waals surface area contributed by atoms with Crippen molar-refractivity contribution in [3.63, 3.8) is 0 Å². The van der Waals surface area contributed by atoms with Crippen molar-refractivity contribution in [1.82, 2.24) is 0 Å². The Bertz CT molecular complexity index is 309. The van der Waals surface area contributed by atoms with Gasteiger partial charge in [-0.05, 0) is 31.8 Å². The zero-order valence-corrected chi connectivity index (χ0v) is 9.87. The van der Waals surface area contributed by atoms with Gasteiger partial charge in [-0.15, -0.1) is 12.3 Å². The van der Waals surface area contributed by atoms with Gasteiger partial charge in [0.1, 0.15) is 0 Å². The Hall–Kier alpha value is -1.53. The Balaban J connectivity index is 3.91. The second-order valence-electron chi connectivity index (χ2n) is 3.98. The third kappa shape index (κ3) is 6.86.